The van der Waals surface area contributed by atoms with Crippen LogP contribution in [0.15, 0.2) is 28.7 Å². The predicted molar refractivity (Wildman–Crippen MR) is 112 cm³/mol. The van der Waals surface area contributed by atoms with Crippen molar-refractivity contribution in [2.75, 3.05) is 26.8 Å². The Morgan fingerprint density at radius 3 is 2.52 bits per heavy atom. The largest absolute Gasteiger partial charge is 0.497 e. The van der Waals surface area contributed by atoms with E-state index < -0.39 is 17.8 Å². The van der Waals surface area contributed by atoms with Gasteiger partial charge in [-0.15, -0.1) is 0 Å². The highest BCUT2D eigenvalue weighted by Gasteiger charge is 2.47. The number of piperidine rings is 1. The normalized spacial score (nSPS) is 23.1. The Hall–Kier alpha value is -2.46. The zero-order valence-electron chi connectivity index (χ0n) is 17.9. The molecule has 9 heteroatoms. The standard InChI is InChI=1S/C21H28N2O5.CH2O2/c1-14-17(22-20(28-14)15-3-5-16(26-2)6-4-15)13-23-10-8-21(9-11-23)19(25)18(24)7-12-27-21;2-1-3/h3-6,18-19,24-25H,7-13H2,1-2H3;1H,(H,2,3)/t18-,19-;/m0./s1. The third-order valence-electron chi connectivity index (χ3n) is 6.01. The Balaban J connectivity index is 0.000000858. The lowest BCUT2D eigenvalue weighted by atomic mass is 9.80. The molecule has 1 spiro atoms. The number of aryl methyl sites for hydroxylation is 1. The van der Waals surface area contributed by atoms with Crippen LogP contribution in [0.4, 0.5) is 0 Å². The van der Waals surface area contributed by atoms with E-state index in [1.165, 1.54) is 0 Å². The highest BCUT2D eigenvalue weighted by molar-refractivity contribution is 5.55. The summed E-state index contributed by atoms with van der Waals surface area (Å²) in [6.07, 6.45) is 0.406. The van der Waals surface area contributed by atoms with Crippen molar-refractivity contribution in [3.63, 3.8) is 0 Å². The monoisotopic (exact) mass is 434 g/mol. The molecule has 0 radical (unpaired) electrons. The molecule has 2 atom stereocenters. The van der Waals surface area contributed by atoms with Crippen LogP contribution in [0, 0.1) is 6.92 Å². The van der Waals surface area contributed by atoms with Crippen molar-refractivity contribution in [3.05, 3.63) is 35.7 Å². The van der Waals surface area contributed by atoms with E-state index in [4.69, 9.17) is 28.8 Å². The fourth-order valence-corrected chi connectivity index (χ4v) is 4.15. The van der Waals surface area contributed by atoms with Crippen molar-refractivity contribution < 1.29 is 34.0 Å². The molecule has 170 valence electrons. The van der Waals surface area contributed by atoms with Gasteiger partial charge < -0.3 is 29.2 Å². The summed E-state index contributed by atoms with van der Waals surface area (Å²) >= 11 is 0. The second kappa shape index (κ2) is 10.2. The summed E-state index contributed by atoms with van der Waals surface area (Å²) in [5.41, 5.74) is 1.23. The van der Waals surface area contributed by atoms with Crippen molar-refractivity contribution in [2.24, 2.45) is 0 Å². The van der Waals surface area contributed by atoms with Crippen LogP contribution in [0.2, 0.25) is 0 Å². The molecule has 0 amide bonds. The Kier molecular flexibility index (Phi) is 7.66. The molecule has 1 aromatic heterocycles. The number of nitrogens with zero attached hydrogens (tertiary/aromatic N) is 2. The molecule has 2 aliphatic heterocycles. The molecule has 3 N–H and O–H groups in total. The minimum atomic E-state index is -0.807. The minimum absolute atomic E-state index is 0.250. The number of rotatable bonds is 4. The topological polar surface area (TPSA) is 125 Å². The third kappa shape index (κ3) is 5.24. The molecular weight excluding hydrogens is 404 g/mol. The Morgan fingerprint density at radius 2 is 1.90 bits per heavy atom. The second-order valence-corrected chi connectivity index (χ2v) is 7.85. The third-order valence-corrected chi connectivity index (χ3v) is 6.01. The molecule has 9 nitrogen and oxygen atoms in total. The van der Waals surface area contributed by atoms with Crippen LogP contribution < -0.4 is 4.74 Å². The van der Waals surface area contributed by atoms with Crippen molar-refractivity contribution in [2.45, 2.75) is 50.5 Å². The van der Waals surface area contributed by atoms with Gasteiger partial charge in [-0.1, -0.05) is 0 Å². The number of methoxy groups -OCH3 is 1. The van der Waals surface area contributed by atoms with Crippen molar-refractivity contribution >= 4 is 6.47 Å². The van der Waals surface area contributed by atoms with Gasteiger partial charge in [0.1, 0.15) is 17.6 Å². The van der Waals surface area contributed by atoms with Gasteiger partial charge >= 0.3 is 0 Å². The molecule has 0 aliphatic carbocycles. The van der Waals surface area contributed by atoms with Crippen LogP contribution in [0.5, 0.6) is 5.75 Å². The second-order valence-electron chi connectivity index (χ2n) is 7.85. The molecule has 0 unspecified atom stereocenters. The first kappa shape index (κ1) is 23.2. The van der Waals surface area contributed by atoms with Crippen molar-refractivity contribution in [1.29, 1.82) is 0 Å². The first-order valence-corrected chi connectivity index (χ1v) is 10.3. The van der Waals surface area contributed by atoms with E-state index in [1.807, 2.05) is 31.2 Å². The number of aliphatic hydroxyl groups is 2. The number of oxazole rings is 1. The number of carbonyl (C=O) groups is 1. The van der Waals surface area contributed by atoms with E-state index >= 15 is 0 Å². The summed E-state index contributed by atoms with van der Waals surface area (Å²) in [5, 5.41) is 27.3. The SMILES string of the molecule is COc1ccc(-c2nc(CN3CCC4(CC3)OCC[C@H](O)[C@@H]4O)c(C)o2)cc1.O=CO. The van der Waals surface area contributed by atoms with Gasteiger partial charge in [0, 0.05) is 25.2 Å². The van der Waals surface area contributed by atoms with E-state index in [0.717, 1.165) is 35.9 Å². The fraction of sp³-hybridized carbons (Fsp3) is 0.545. The summed E-state index contributed by atoms with van der Waals surface area (Å²) < 4.78 is 17.0. The van der Waals surface area contributed by atoms with Gasteiger partial charge in [0.25, 0.3) is 6.47 Å². The van der Waals surface area contributed by atoms with Gasteiger partial charge in [-0.25, -0.2) is 4.98 Å². The molecule has 1 aromatic carbocycles. The first-order valence-electron chi connectivity index (χ1n) is 10.3. The van der Waals surface area contributed by atoms with E-state index in [1.54, 1.807) is 7.11 Å². The number of benzene rings is 1. The fourth-order valence-electron chi connectivity index (χ4n) is 4.15. The van der Waals surface area contributed by atoms with E-state index in [2.05, 4.69) is 4.90 Å². The molecule has 2 aromatic rings. The quantitative estimate of drug-likeness (QED) is 0.618. The average molecular weight is 434 g/mol. The highest BCUT2D eigenvalue weighted by Crippen LogP contribution is 2.36. The molecule has 0 bridgehead atoms. The van der Waals surface area contributed by atoms with Crippen LogP contribution in [0.25, 0.3) is 11.5 Å². The Morgan fingerprint density at radius 1 is 1.26 bits per heavy atom. The summed E-state index contributed by atoms with van der Waals surface area (Å²) in [6, 6.07) is 7.66. The Labute approximate surface area is 181 Å². The van der Waals surface area contributed by atoms with E-state index in [9.17, 15) is 10.2 Å². The van der Waals surface area contributed by atoms with Crippen LogP contribution in [-0.2, 0) is 16.1 Å². The minimum Gasteiger partial charge on any atom is -0.497 e. The smallest absolute Gasteiger partial charge is 0.290 e. The zero-order chi connectivity index (χ0) is 22.4. The zero-order valence-corrected chi connectivity index (χ0v) is 17.9. The summed E-state index contributed by atoms with van der Waals surface area (Å²) in [5.74, 6) is 2.22. The lowest BCUT2D eigenvalue weighted by Gasteiger charge is -2.48. The van der Waals surface area contributed by atoms with E-state index in [-0.39, 0.29) is 6.47 Å². The van der Waals surface area contributed by atoms with Gasteiger partial charge in [0.05, 0.1) is 31.1 Å². The molecule has 2 saturated heterocycles. The molecule has 3 heterocycles. The number of hydrogen-bond donors (Lipinski definition) is 3. The van der Waals surface area contributed by atoms with E-state index in [0.29, 0.717) is 38.3 Å². The molecular formula is C22H30N2O7. The average Bonchev–Trinajstić information content (AvgIpc) is 3.14. The van der Waals surface area contributed by atoms with Crippen molar-refractivity contribution in [1.82, 2.24) is 9.88 Å². The molecule has 2 aliphatic rings. The van der Waals surface area contributed by atoms with Gasteiger partial charge in [-0.3, -0.25) is 9.69 Å². The number of hydrogen-bond acceptors (Lipinski definition) is 8. The van der Waals surface area contributed by atoms with Crippen LogP contribution in [-0.4, -0.2) is 76.3 Å². The number of carboxylic acid groups (broad SMARTS) is 1. The maximum atomic E-state index is 10.4. The number of aliphatic hydroxyl groups excluding tert-OH is 2. The Bertz CT molecular complexity index is 844. The van der Waals surface area contributed by atoms with Gasteiger partial charge in [0.2, 0.25) is 5.89 Å². The van der Waals surface area contributed by atoms with Gasteiger partial charge in [0.15, 0.2) is 0 Å². The molecule has 31 heavy (non-hydrogen) atoms. The number of likely N-dealkylation sites (tertiary alicyclic amines) is 1. The maximum absolute atomic E-state index is 10.4. The van der Waals surface area contributed by atoms with Crippen LogP contribution in [0.1, 0.15) is 30.7 Å². The number of aromatic nitrogens is 1. The van der Waals surface area contributed by atoms with Crippen LogP contribution >= 0.6 is 0 Å². The van der Waals surface area contributed by atoms with Crippen LogP contribution in [0.3, 0.4) is 0 Å². The van der Waals surface area contributed by atoms with Crippen molar-refractivity contribution in [3.8, 4) is 17.2 Å². The molecule has 4 rings (SSSR count). The lowest BCUT2D eigenvalue weighted by molar-refractivity contribution is -0.214. The highest BCUT2D eigenvalue weighted by atomic mass is 16.5. The summed E-state index contributed by atoms with van der Waals surface area (Å²) in [6.45, 7) is 4.46. The van der Waals surface area contributed by atoms with Gasteiger partial charge in [-0.05, 0) is 50.5 Å². The predicted octanol–water partition coefficient (Wildman–Crippen LogP) is 1.84. The lowest BCUT2D eigenvalue weighted by Crippen LogP contribution is -2.59. The molecule has 0 saturated carbocycles. The molecule has 2 fully saturated rings. The summed E-state index contributed by atoms with van der Waals surface area (Å²) in [7, 11) is 1.64. The maximum Gasteiger partial charge on any atom is 0.290 e. The van der Waals surface area contributed by atoms with Gasteiger partial charge in [-0.2, -0.15) is 0 Å². The first-order chi connectivity index (χ1) is 14.9. The number of ether oxygens (including phenoxy) is 2. The summed E-state index contributed by atoms with van der Waals surface area (Å²) in [4.78, 5) is 15.3.